The van der Waals surface area contributed by atoms with Crippen LogP contribution in [0.1, 0.15) is 18.4 Å². The molecule has 186 valence electrons. The van der Waals surface area contributed by atoms with E-state index in [1.807, 2.05) is 31.2 Å². The zero-order valence-corrected chi connectivity index (χ0v) is 20.2. The van der Waals surface area contributed by atoms with Gasteiger partial charge < -0.3 is 9.64 Å². The summed E-state index contributed by atoms with van der Waals surface area (Å²) in [7, 11) is 0. The Hall–Kier alpha value is -3.65. The number of hydrogen-bond acceptors (Lipinski definition) is 5. The van der Waals surface area contributed by atoms with Gasteiger partial charge in [-0.15, -0.1) is 0 Å². The zero-order chi connectivity index (χ0) is 25.1. The second-order valence-electron chi connectivity index (χ2n) is 9.26. The molecular weight excluding hydrogens is 462 g/mol. The van der Waals surface area contributed by atoms with Crippen molar-refractivity contribution in [2.75, 3.05) is 26.3 Å². The van der Waals surface area contributed by atoms with E-state index in [1.165, 1.54) is 18.3 Å². The van der Waals surface area contributed by atoms with E-state index in [0.717, 1.165) is 37.1 Å². The summed E-state index contributed by atoms with van der Waals surface area (Å²) in [5, 5.41) is 0.441. The van der Waals surface area contributed by atoms with Crippen LogP contribution >= 0.6 is 0 Å². The number of ether oxygens (including phenoxy) is 1. The molecule has 0 spiro atoms. The summed E-state index contributed by atoms with van der Waals surface area (Å²) >= 11 is 0. The summed E-state index contributed by atoms with van der Waals surface area (Å²) in [5.74, 6) is 1.07. The highest BCUT2D eigenvalue weighted by Crippen LogP contribution is 2.28. The first-order valence-electron chi connectivity index (χ1n) is 12.2. The van der Waals surface area contributed by atoms with Crippen LogP contribution in [0.2, 0.25) is 0 Å². The predicted molar refractivity (Wildman–Crippen MR) is 136 cm³/mol. The molecule has 0 bridgehead atoms. The smallest absolute Gasteiger partial charge is 0.261 e. The molecule has 0 saturated carbocycles. The van der Waals surface area contributed by atoms with E-state index < -0.39 is 5.95 Å². The lowest BCUT2D eigenvalue weighted by Gasteiger charge is -2.32. The molecule has 0 N–H and O–H groups in total. The molecule has 1 aliphatic heterocycles. The van der Waals surface area contributed by atoms with Gasteiger partial charge in [-0.1, -0.05) is 24.3 Å². The molecule has 6 nitrogen and oxygen atoms in total. The Morgan fingerprint density at radius 2 is 1.94 bits per heavy atom. The molecule has 8 heteroatoms. The van der Waals surface area contributed by atoms with Crippen LogP contribution in [0, 0.1) is 18.8 Å². The van der Waals surface area contributed by atoms with Gasteiger partial charge >= 0.3 is 0 Å². The van der Waals surface area contributed by atoms with Crippen molar-refractivity contribution in [3.8, 4) is 22.9 Å². The molecule has 0 aliphatic carbocycles. The summed E-state index contributed by atoms with van der Waals surface area (Å²) in [6.45, 7) is 4.20. The molecule has 1 fully saturated rings. The van der Waals surface area contributed by atoms with E-state index in [9.17, 15) is 13.6 Å². The standard InChI is InChI=1S/C28H28F2N4O2/c1-19-5-2-3-7-23(19)27-32-25-10-8-21(36-22-9-11-26(30)31-16-22)15-24(25)28(35)34(27)18-20-6-4-13-33(17-20)14-12-29/h2-3,5,7-11,15-16,20H,4,6,12-14,17-18H2,1H3. The van der Waals surface area contributed by atoms with Crippen molar-refractivity contribution in [3.63, 3.8) is 0 Å². The number of benzene rings is 2. The number of alkyl halides is 1. The number of aryl methyl sites for hydroxylation is 1. The number of halogens is 2. The van der Waals surface area contributed by atoms with Crippen molar-refractivity contribution < 1.29 is 13.5 Å². The molecule has 0 amide bonds. The zero-order valence-electron chi connectivity index (χ0n) is 20.2. The topological polar surface area (TPSA) is 60.3 Å². The van der Waals surface area contributed by atoms with Crippen molar-refractivity contribution in [1.29, 1.82) is 0 Å². The summed E-state index contributed by atoms with van der Waals surface area (Å²) in [6.07, 6.45) is 3.24. The molecule has 1 unspecified atom stereocenters. The largest absolute Gasteiger partial charge is 0.456 e. The fourth-order valence-electron chi connectivity index (χ4n) is 4.90. The van der Waals surface area contributed by atoms with Gasteiger partial charge in [0, 0.05) is 25.2 Å². The number of nitrogens with zero attached hydrogens (tertiary/aromatic N) is 4. The maximum atomic E-state index is 13.9. The van der Waals surface area contributed by atoms with Crippen LogP contribution in [0.15, 0.2) is 65.6 Å². The Balaban J connectivity index is 1.57. The minimum atomic E-state index is -0.593. The average Bonchev–Trinajstić information content (AvgIpc) is 2.88. The first-order valence-corrected chi connectivity index (χ1v) is 12.2. The maximum absolute atomic E-state index is 13.9. The molecule has 2 aromatic carbocycles. The number of likely N-dealkylation sites (tertiary alicyclic amines) is 1. The van der Waals surface area contributed by atoms with Crippen LogP contribution in [-0.4, -0.2) is 45.7 Å². The van der Waals surface area contributed by atoms with E-state index in [1.54, 1.807) is 22.8 Å². The van der Waals surface area contributed by atoms with Gasteiger partial charge in [0.15, 0.2) is 0 Å². The Morgan fingerprint density at radius 1 is 1.11 bits per heavy atom. The second-order valence-corrected chi connectivity index (χ2v) is 9.26. The van der Waals surface area contributed by atoms with Crippen LogP contribution in [0.5, 0.6) is 11.5 Å². The van der Waals surface area contributed by atoms with Crippen LogP contribution in [0.3, 0.4) is 0 Å². The minimum Gasteiger partial charge on any atom is -0.456 e. The van der Waals surface area contributed by atoms with Gasteiger partial charge in [-0.3, -0.25) is 9.36 Å². The third kappa shape index (κ3) is 5.14. The van der Waals surface area contributed by atoms with E-state index in [2.05, 4.69) is 9.88 Å². The van der Waals surface area contributed by atoms with Crippen LogP contribution < -0.4 is 10.3 Å². The monoisotopic (exact) mass is 490 g/mol. The Morgan fingerprint density at radius 3 is 2.72 bits per heavy atom. The molecule has 0 radical (unpaired) electrons. The number of aromatic nitrogens is 3. The fraction of sp³-hybridized carbons (Fsp3) is 0.321. The minimum absolute atomic E-state index is 0.149. The van der Waals surface area contributed by atoms with E-state index in [4.69, 9.17) is 9.72 Å². The first kappa shape index (κ1) is 24.1. The number of rotatable bonds is 7. The van der Waals surface area contributed by atoms with Crippen LogP contribution in [0.25, 0.3) is 22.3 Å². The molecule has 2 aromatic heterocycles. The third-order valence-corrected chi connectivity index (χ3v) is 6.69. The number of hydrogen-bond donors (Lipinski definition) is 0. The van der Waals surface area contributed by atoms with E-state index >= 15 is 0 Å². The molecule has 4 aromatic rings. The lowest BCUT2D eigenvalue weighted by atomic mass is 9.97. The van der Waals surface area contributed by atoms with Gasteiger partial charge in [-0.25, -0.2) is 14.4 Å². The Kier molecular flexibility index (Phi) is 7.04. The highest BCUT2D eigenvalue weighted by molar-refractivity contribution is 5.81. The van der Waals surface area contributed by atoms with Crippen LogP contribution in [0.4, 0.5) is 8.78 Å². The van der Waals surface area contributed by atoms with Crippen molar-refractivity contribution in [2.24, 2.45) is 5.92 Å². The normalized spacial score (nSPS) is 16.4. The Labute approximate surface area is 208 Å². The van der Waals surface area contributed by atoms with E-state index in [0.29, 0.717) is 41.3 Å². The van der Waals surface area contributed by atoms with Gasteiger partial charge in [-0.05, 0) is 68.1 Å². The fourth-order valence-corrected chi connectivity index (χ4v) is 4.90. The first-order chi connectivity index (χ1) is 17.5. The van der Waals surface area contributed by atoms with Crippen LogP contribution in [-0.2, 0) is 6.54 Å². The molecule has 36 heavy (non-hydrogen) atoms. The summed E-state index contributed by atoms with van der Waals surface area (Å²) < 4.78 is 33.7. The van der Waals surface area contributed by atoms with Crippen molar-refractivity contribution in [3.05, 3.63) is 82.7 Å². The van der Waals surface area contributed by atoms with Gasteiger partial charge in [0.1, 0.15) is 24.0 Å². The molecule has 1 aliphatic rings. The third-order valence-electron chi connectivity index (χ3n) is 6.69. The van der Waals surface area contributed by atoms with Gasteiger partial charge in [0.25, 0.3) is 5.56 Å². The number of pyridine rings is 1. The number of fused-ring (bicyclic) bond motifs is 1. The highest BCUT2D eigenvalue weighted by Gasteiger charge is 2.23. The maximum Gasteiger partial charge on any atom is 0.261 e. The second kappa shape index (κ2) is 10.5. The van der Waals surface area contributed by atoms with Gasteiger partial charge in [0.2, 0.25) is 5.95 Å². The molecule has 1 atom stereocenters. The number of piperidine rings is 1. The van der Waals surface area contributed by atoms with Crippen molar-refractivity contribution >= 4 is 10.9 Å². The molecule has 3 heterocycles. The van der Waals surface area contributed by atoms with Gasteiger partial charge in [0.05, 0.1) is 17.1 Å². The predicted octanol–water partition coefficient (Wildman–Crippen LogP) is 5.38. The lowest BCUT2D eigenvalue weighted by Crippen LogP contribution is -2.39. The van der Waals surface area contributed by atoms with Crippen molar-refractivity contribution in [1.82, 2.24) is 19.4 Å². The average molecular weight is 491 g/mol. The molecule has 1 saturated heterocycles. The quantitative estimate of drug-likeness (QED) is 0.326. The lowest BCUT2D eigenvalue weighted by molar-refractivity contribution is 0.152. The molecule has 5 rings (SSSR count). The summed E-state index contributed by atoms with van der Waals surface area (Å²) in [5.41, 5.74) is 2.36. The summed E-state index contributed by atoms with van der Waals surface area (Å²) in [6, 6.07) is 15.8. The van der Waals surface area contributed by atoms with Crippen molar-refractivity contribution in [2.45, 2.75) is 26.3 Å². The molecular formula is C28H28F2N4O2. The highest BCUT2D eigenvalue weighted by atomic mass is 19.1. The summed E-state index contributed by atoms with van der Waals surface area (Å²) in [4.78, 5) is 24.6. The van der Waals surface area contributed by atoms with E-state index in [-0.39, 0.29) is 18.2 Å². The van der Waals surface area contributed by atoms with Gasteiger partial charge in [-0.2, -0.15) is 4.39 Å². The SMILES string of the molecule is Cc1ccccc1-c1nc2ccc(Oc3ccc(F)nc3)cc2c(=O)n1CC1CCCN(CCF)C1. The Bertz CT molecular complexity index is 1420.